The maximum atomic E-state index is 12.9. The lowest BCUT2D eigenvalue weighted by molar-refractivity contribution is -0.137. The van der Waals surface area contributed by atoms with Crippen molar-refractivity contribution in [3.05, 3.63) is 45.8 Å². The van der Waals surface area contributed by atoms with Crippen molar-refractivity contribution >= 4 is 29.6 Å². The van der Waals surface area contributed by atoms with Gasteiger partial charge in [-0.25, -0.2) is 9.59 Å². The van der Waals surface area contributed by atoms with Crippen molar-refractivity contribution in [1.29, 1.82) is 5.26 Å². The van der Waals surface area contributed by atoms with E-state index in [9.17, 15) is 19.6 Å². The monoisotopic (exact) mass is 445 g/mol. The molecule has 1 aliphatic heterocycles. The maximum absolute atomic E-state index is 12.9. The van der Waals surface area contributed by atoms with Crippen molar-refractivity contribution in [3.63, 3.8) is 0 Å². The second-order valence-corrected chi connectivity index (χ2v) is 8.05. The number of H-pyrrole nitrogens is 1. The van der Waals surface area contributed by atoms with Gasteiger partial charge in [0.25, 0.3) is 0 Å². The summed E-state index contributed by atoms with van der Waals surface area (Å²) >= 11 is 1.20. The first kappa shape index (κ1) is 24.3. The Balaban J connectivity index is 2.22. The summed E-state index contributed by atoms with van der Waals surface area (Å²) in [6, 6.07) is 1.88. The van der Waals surface area contributed by atoms with Crippen molar-refractivity contribution in [1.82, 2.24) is 9.88 Å². The second kappa shape index (κ2) is 10.9. The van der Waals surface area contributed by atoms with Gasteiger partial charge in [-0.15, -0.1) is 0 Å². The van der Waals surface area contributed by atoms with Gasteiger partial charge >= 0.3 is 11.9 Å². The smallest absolute Gasteiger partial charge is 0.355 e. The molecule has 8 nitrogen and oxygen atoms in total. The summed E-state index contributed by atoms with van der Waals surface area (Å²) in [5.74, 6) is -1.32. The Labute approximate surface area is 186 Å². The molecule has 1 aliphatic rings. The van der Waals surface area contributed by atoms with E-state index in [1.807, 2.05) is 19.9 Å². The van der Waals surface area contributed by atoms with E-state index < -0.39 is 17.2 Å². The Morgan fingerprint density at radius 1 is 1.32 bits per heavy atom. The van der Waals surface area contributed by atoms with E-state index in [0.29, 0.717) is 30.1 Å². The molecule has 0 radical (unpaired) electrons. The van der Waals surface area contributed by atoms with Gasteiger partial charge in [0.1, 0.15) is 23.4 Å². The molecule has 1 N–H and O–H groups in total. The molecule has 1 unspecified atom stereocenters. The first-order chi connectivity index (χ1) is 14.8. The molecule has 2 rings (SSSR count). The number of carbonyl (C=O) groups is 3. The van der Waals surface area contributed by atoms with E-state index in [1.165, 1.54) is 22.7 Å². The normalized spacial score (nSPS) is 17.3. The van der Waals surface area contributed by atoms with Crippen LogP contribution in [0.25, 0.3) is 0 Å². The Bertz CT molecular complexity index is 957. The third-order valence-electron chi connectivity index (χ3n) is 4.95. The van der Waals surface area contributed by atoms with Crippen molar-refractivity contribution in [3.8, 4) is 6.07 Å². The highest BCUT2D eigenvalue weighted by molar-refractivity contribution is 8.04. The van der Waals surface area contributed by atoms with Crippen LogP contribution in [0.1, 0.15) is 47.6 Å². The van der Waals surface area contributed by atoms with Crippen molar-refractivity contribution in [2.75, 3.05) is 19.8 Å². The molecule has 2 heterocycles. The second-order valence-electron chi connectivity index (χ2n) is 6.86. The Morgan fingerprint density at radius 2 is 2.03 bits per heavy atom. The molecule has 31 heavy (non-hydrogen) atoms. The highest BCUT2D eigenvalue weighted by Crippen LogP contribution is 2.39. The van der Waals surface area contributed by atoms with Gasteiger partial charge in [-0.3, -0.25) is 4.79 Å². The molecule has 1 saturated heterocycles. The first-order valence-corrected chi connectivity index (χ1v) is 10.9. The number of esters is 2. The molecule has 0 saturated carbocycles. The average Bonchev–Trinajstić information content (AvgIpc) is 3.21. The van der Waals surface area contributed by atoms with Crippen LogP contribution in [0.15, 0.2) is 23.3 Å². The quantitative estimate of drug-likeness (QED) is 0.269. The SMILES string of the molecule is C=CCOC(=O)C(C#N)=C1SC(CCc2c(C)[nH]c(C(=O)OCC)c2C)C(=O)N1CC. The standard InChI is InChI=1S/C22H27N3O5S/c1-6-11-30-21(27)16(12-23)20-25(7-2)19(26)17(31-20)10-9-15-13(4)18(24-14(15)5)22(28)29-8-3/h6,17,24H,1,7-11H2,2-5H3. The Kier molecular flexibility index (Phi) is 8.51. The zero-order valence-corrected chi connectivity index (χ0v) is 19.1. The molecule has 166 valence electrons. The number of hydrogen-bond donors (Lipinski definition) is 1. The number of carbonyl (C=O) groups excluding carboxylic acids is 3. The molecule has 0 bridgehead atoms. The fourth-order valence-electron chi connectivity index (χ4n) is 3.43. The van der Waals surface area contributed by atoms with Gasteiger partial charge in [0.05, 0.1) is 11.9 Å². The van der Waals surface area contributed by atoms with Gasteiger partial charge in [-0.05, 0) is 51.7 Å². The summed E-state index contributed by atoms with van der Waals surface area (Å²) in [4.78, 5) is 41.8. The van der Waals surface area contributed by atoms with Gasteiger partial charge in [0.15, 0.2) is 5.57 Å². The fourth-order valence-corrected chi connectivity index (χ4v) is 4.76. The number of ether oxygens (including phenoxy) is 2. The summed E-state index contributed by atoms with van der Waals surface area (Å²) < 4.78 is 10.1. The lowest BCUT2D eigenvalue weighted by atomic mass is 10.0. The first-order valence-electron chi connectivity index (χ1n) is 10.1. The van der Waals surface area contributed by atoms with Crippen LogP contribution in [0.2, 0.25) is 0 Å². The van der Waals surface area contributed by atoms with Crippen LogP contribution in [-0.2, 0) is 25.5 Å². The maximum Gasteiger partial charge on any atom is 0.355 e. The third-order valence-corrected chi connectivity index (χ3v) is 6.32. The predicted molar refractivity (Wildman–Crippen MR) is 117 cm³/mol. The molecule has 1 atom stereocenters. The summed E-state index contributed by atoms with van der Waals surface area (Å²) in [6.45, 7) is 11.4. The van der Waals surface area contributed by atoms with E-state index in [2.05, 4.69) is 11.6 Å². The minimum absolute atomic E-state index is 0.0136. The highest BCUT2D eigenvalue weighted by atomic mass is 32.2. The minimum atomic E-state index is -0.770. The van der Waals surface area contributed by atoms with Crippen molar-refractivity contribution < 1.29 is 23.9 Å². The molecule has 1 aromatic rings. The number of rotatable bonds is 9. The third kappa shape index (κ3) is 5.20. The molecule has 1 amide bonds. The molecular formula is C22H27N3O5S. The summed E-state index contributed by atoms with van der Waals surface area (Å²) in [7, 11) is 0. The van der Waals surface area contributed by atoms with Crippen LogP contribution in [-0.4, -0.2) is 52.7 Å². The largest absolute Gasteiger partial charge is 0.461 e. The van der Waals surface area contributed by atoms with Gasteiger partial charge < -0.3 is 19.4 Å². The number of hydrogen-bond acceptors (Lipinski definition) is 7. The number of nitrogens with zero attached hydrogens (tertiary/aromatic N) is 2. The van der Waals surface area contributed by atoms with Crippen molar-refractivity contribution in [2.45, 2.75) is 45.8 Å². The van der Waals surface area contributed by atoms with Crippen LogP contribution in [0.4, 0.5) is 0 Å². The number of nitrogens with one attached hydrogen (secondary N) is 1. The van der Waals surface area contributed by atoms with Crippen LogP contribution in [0.3, 0.4) is 0 Å². The summed E-state index contributed by atoms with van der Waals surface area (Å²) in [6.07, 6.45) is 2.47. The van der Waals surface area contributed by atoms with Crippen molar-refractivity contribution in [2.24, 2.45) is 0 Å². The van der Waals surface area contributed by atoms with E-state index in [-0.39, 0.29) is 24.7 Å². The topological polar surface area (TPSA) is 112 Å². The minimum Gasteiger partial charge on any atom is -0.461 e. The highest BCUT2D eigenvalue weighted by Gasteiger charge is 2.39. The van der Waals surface area contributed by atoms with Crippen LogP contribution in [0, 0.1) is 25.2 Å². The summed E-state index contributed by atoms with van der Waals surface area (Å²) in [5.41, 5.74) is 2.86. The molecule has 0 aromatic carbocycles. The van der Waals surface area contributed by atoms with Crippen LogP contribution in [0.5, 0.6) is 0 Å². The Hall–Kier alpha value is -2.99. The van der Waals surface area contributed by atoms with E-state index >= 15 is 0 Å². The van der Waals surface area contributed by atoms with Crippen LogP contribution < -0.4 is 0 Å². The Morgan fingerprint density at radius 3 is 2.61 bits per heavy atom. The lowest BCUT2D eigenvalue weighted by Gasteiger charge is -2.15. The van der Waals surface area contributed by atoms with Crippen LogP contribution >= 0.6 is 11.8 Å². The average molecular weight is 446 g/mol. The van der Waals surface area contributed by atoms with Gasteiger partial charge in [0.2, 0.25) is 5.91 Å². The fraction of sp³-hybridized carbons (Fsp3) is 0.455. The van der Waals surface area contributed by atoms with Gasteiger partial charge in [-0.1, -0.05) is 24.4 Å². The number of aryl methyl sites for hydroxylation is 1. The number of thioether (sulfide) groups is 1. The van der Waals surface area contributed by atoms with Gasteiger partial charge in [0, 0.05) is 12.2 Å². The zero-order valence-electron chi connectivity index (χ0n) is 18.2. The van der Waals surface area contributed by atoms with E-state index in [4.69, 9.17) is 9.47 Å². The molecule has 1 fully saturated rings. The number of aromatic amines is 1. The summed E-state index contributed by atoms with van der Waals surface area (Å²) in [5, 5.41) is 9.37. The van der Waals surface area contributed by atoms with Gasteiger partial charge in [-0.2, -0.15) is 5.26 Å². The lowest BCUT2D eigenvalue weighted by Crippen LogP contribution is -2.29. The van der Waals surface area contributed by atoms with E-state index in [0.717, 1.165) is 16.8 Å². The molecule has 1 aromatic heterocycles. The molecule has 9 heteroatoms. The van der Waals surface area contributed by atoms with E-state index in [1.54, 1.807) is 13.8 Å². The number of amides is 1. The predicted octanol–water partition coefficient (Wildman–Crippen LogP) is 3.17. The zero-order chi connectivity index (χ0) is 23.1. The number of aromatic nitrogens is 1. The molecular weight excluding hydrogens is 418 g/mol. The molecule has 0 spiro atoms. The molecule has 0 aliphatic carbocycles. The number of nitriles is 1.